The average Bonchev–Trinajstić information content (AvgIpc) is 2.97. The van der Waals surface area contributed by atoms with E-state index in [2.05, 4.69) is 39.1 Å². The molecule has 0 unspecified atom stereocenters. The maximum atomic E-state index is 9.83. The Morgan fingerprint density at radius 3 is 2.61 bits per heavy atom. The van der Waals surface area contributed by atoms with Gasteiger partial charge in [-0.05, 0) is 18.9 Å². The first-order valence-corrected chi connectivity index (χ1v) is 8.46. The van der Waals surface area contributed by atoms with Gasteiger partial charge in [0.25, 0.3) is 0 Å². The fourth-order valence-corrected chi connectivity index (χ4v) is 3.86. The van der Waals surface area contributed by atoms with E-state index in [0.717, 1.165) is 69.0 Å². The minimum atomic E-state index is 0.417. The van der Waals surface area contributed by atoms with Crippen LogP contribution in [-0.4, -0.2) is 44.0 Å². The van der Waals surface area contributed by atoms with Crippen LogP contribution in [0.2, 0.25) is 0 Å². The molecule has 0 saturated carbocycles. The van der Waals surface area contributed by atoms with Crippen LogP contribution in [0.1, 0.15) is 24.4 Å². The maximum absolute atomic E-state index is 9.83. The van der Waals surface area contributed by atoms with Crippen molar-refractivity contribution in [3.63, 3.8) is 0 Å². The molecule has 5 nitrogen and oxygen atoms in total. The van der Waals surface area contributed by atoms with Crippen molar-refractivity contribution in [2.45, 2.75) is 18.9 Å². The molecule has 2 fully saturated rings. The summed E-state index contributed by atoms with van der Waals surface area (Å²) in [6.45, 7) is 5.46. The minimum Gasteiger partial charge on any atom is -0.381 e. The molecule has 0 aliphatic carbocycles. The third-order valence-corrected chi connectivity index (χ3v) is 4.97. The first-order chi connectivity index (χ1) is 11.4. The molecule has 1 aromatic carbocycles. The van der Waals surface area contributed by atoms with Crippen LogP contribution in [0.4, 0.5) is 5.82 Å². The predicted octanol–water partition coefficient (Wildman–Crippen LogP) is 2.27. The van der Waals surface area contributed by atoms with Crippen molar-refractivity contribution < 1.29 is 4.74 Å². The van der Waals surface area contributed by atoms with Gasteiger partial charge in [0.05, 0.1) is 5.52 Å². The van der Waals surface area contributed by atoms with Gasteiger partial charge in [-0.2, -0.15) is 5.26 Å². The summed E-state index contributed by atoms with van der Waals surface area (Å²) in [4.78, 5) is 2.38. The lowest BCUT2D eigenvalue weighted by Crippen LogP contribution is -2.45. The molecule has 0 amide bonds. The zero-order chi connectivity index (χ0) is 15.6. The van der Waals surface area contributed by atoms with Gasteiger partial charge in [0.1, 0.15) is 17.5 Å². The number of nitriles is 1. The number of fused-ring (bicyclic) bond motifs is 1. The lowest BCUT2D eigenvalue weighted by Gasteiger charge is -2.34. The van der Waals surface area contributed by atoms with Crippen molar-refractivity contribution >= 4 is 16.7 Å². The van der Waals surface area contributed by atoms with Gasteiger partial charge in [-0.3, -0.25) is 0 Å². The summed E-state index contributed by atoms with van der Waals surface area (Å²) in [6, 6.07) is 11.2. The zero-order valence-corrected chi connectivity index (χ0v) is 13.3. The number of nitrogens with one attached hydrogen (secondary N) is 1. The summed E-state index contributed by atoms with van der Waals surface area (Å²) in [5.41, 5.74) is 2.01. The summed E-state index contributed by atoms with van der Waals surface area (Å²) in [7, 11) is 0. The summed E-state index contributed by atoms with van der Waals surface area (Å²) in [6.07, 6.45) is 2.03. The van der Waals surface area contributed by atoms with Crippen LogP contribution in [0.5, 0.6) is 0 Å². The standard InChI is InChI=1S/C18H22N4O/c19-13-16-15-3-1-2-4-17(15)22(14-5-11-23-12-6-14)18(16)21-9-7-20-8-10-21/h1-4,14,20H,5-12H2. The molecule has 0 atom stereocenters. The minimum absolute atomic E-state index is 0.417. The van der Waals surface area contributed by atoms with Gasteiger partial charge >= 0.3 is 0 Å². The first kappa shape index (κ1) is 14.6. The topological polar surface area (TPSA) is 53.2 Å². The maximum Gasteiger partial charge on any atom is 0.128 e. The molecule has 4 rings (SSSR count). The predicted molar refractivity (Wildman–Crippen MR) is 90.8 cm³/mol. The van der Waals surface area contributed by atoms with E-state index in [4.69, 9.17) is 4.74 Å². The number of ether oxygens (including phenoxy) is 1. The summed E-state index contributed by atoms with van der Waals surface area (Å²) in [5.74, 6) is 1.11. The Kier molecular flexibility index (Phi) is 3.94. The van der Waals surface area contributed by atoms with E-state index in [0.29, 0.717) is 6.04 Å². The summed E-state index contributed by atoms with van der Waals surface area (Å²) >= 11 is 0. The number of anilines is 1. The second-order valence-corrected chi connectivity index (χ2v) is 6.28. The fourth-order valence-electron chi connectivity index (χ4n) is 3.86. The van der Waals surface area contributed by atoms with Crippen LogP contribution in [-0.2, 0) is 4.74 Å². The van der Waals surface area contributed by atoms with Crippen LogP contribution < -0.4 is 10.2 Å². The molecule has 2 aliphatic rings. The quantitative estimate of drug-likeness (QED) is 0.924. The molecule has 0 spiro atoms. The number of nitrogens with zero attached hydrogens (tertiary/aromatic N) is 3. The van der Waals surface area contributed by atoms with Crippen LogP contribution in [0.25, 0.3) is 10.9 Å². The van der Waals surface area contributed by atoms with E-state index in [9.17, 15) is 5.26 Å². The Hall–Kier alpha value is -2.03. The summed E-state index contributed by atoms with van der Waals surface area (Å²) < 4.78 is 7.97. The number of rotatable bonds is 2. The third-order valence-electron chi connectivity index (χ3n) is 4.97. The molecule has 0 bridgehead atoms. The van der Waals surface area contributed by atoms with Crippen LogP contribution >= 0.6 is 0 Å². The van der Waals surface area contributed by atoms with Crippen molar-refractivity contribution in [1.82, 2.24) is 9.88 Å². The van der Waals surface area contributed by atoms with Crippen molar-refractivity contribution in [3.8, 4) is 6.07 Å². The highest BCUT2D eigenvalue weighted by molar-refractivity contribution is 5.93. The smallest absolute Gasteiger partial charge is 0.128 e. The van der Waals surface area contributed by atoms with Gasteiger partial charge < -0.3 is 19.5 Å². The molecule has 3 heterocycles. The number of hydrogen-bond donors (Lipinski definition) is 1. The fraction of sp³-hybridized carbons (Fsp3) is 0.500. The lowest BCUT2D eigenvalue weighted by molar-refractivity contribution is 0.0709. The average molecular weight is 310 g/mol. The monoisotopic (exact) mass is 310 g/mol. The van der Waals surface area contributed by atoms with Crippen LogP contribution in [0.3, 0.4) is 0 Å². The number of aromatic nitrogens is 1. The molecule has 2 aliphatic heterocycles. The Balaban J connectivity index is 1.91. The SMILES string of the molecule is N#Cc1c(N2CCNCC2)n(C2CCOCC2)c2ccccc12. The Bertz CT molecular complexity index is 733. The summed E-state index contributed by atoms with van der Waals surface area (Å²) in [5, 5.41) is 14.3. The highest BCUT2D eigenvalue weighted by atomic mass is 16.5. The van der Waals surface area contributed by atoms with Gasteiger partial charge in [0.15, 0.2) is 0 Å². The lowest BCUT2D eigenvalue weighted by atomic mass is 10.1. The largest absolute Gasteiger partial charge is 0.381 e. The van der Waals surface area contributed by atoms with Gasteiger partial charge in [-0.25, -0.2) is 0 Å². The number of hydrogen-bond acceptors (Lipinski definition) is 4. The van der Waals surface area contributed by atoms with Gasteiger partial charge in [-0.1, -0.05) is 18.2 Å². The zero-order valence-electron chi connectivity index (χ0n) is 13.3. The molecule has 1 aromatic heterocycles. The van der Waals surface area contributed by atoms with Crippen LogP contribution in [0, 0.1) is 11.3 Å². The molecule has 0 radical (unpaired) electrons. The number of piperazine rings is 1. The van der Waals surface area contributed by atoms with Crippen molar-refractivity contribution in [3.05, 3.63) is 29.8 Å². The Labute approximate surface area is 136 Å². The molecule has 120 valence electrons. The molecule has 2 saturated heterocycles. The normalized spacial score (nSPS) is 19.9. The molecular weight excluding hydrogens is 288 g/mol. The van der Waals surface area contributed by atoms with Crippen molar-refractivity contribution in [2.75, 3.05) is 44.3 Å². The van der Waals surface area contributed by atoms with Crippen molar-refractivity contribution in [2.24, 2.45) is 0 Å². The molecular formula is C18H22N4O. The van der Waals surface area contributed by atoms with Crippen molar-refractivity contribution in [1.29, 1.82) is 5.26 Å². The molecule has 1 N–H and O–H groups in total. The van der Waals surface area contributed by atoms with Crippen LogP contribution in [0.15, 0.2) is 24.3 Å². The van der Waals surface area contributed by atoms with E-state index in [1.807, 2.05) is 6.07 Å². The van der Waals surface area contributed by atoms with E-state index in [-0.39, 0.29) is 0 Å². The molecule has 5 heteroatoms. The van der Waals surface area contributed by atoms with Gasteiger partial charge in [0.2, 0.25) is 0 Å². The Morgan fingerprint density at radius 2 is 1.87 bits per heavy atom. The number of para-hydroxylation sites is 1. The van der Waals surface area contributed by atoms with E-state index < -0.39 is 0 Å². The number of benzene rings is 1. The van der Waals surface area contributed by atoms with E-state index in [1.165, 1.54) is 5.52 Å². The highest BCUT2D eigenvalue weighted by Crippen LogP contribution is 2.38. The van der Waals surface area contributed by atoms with Gasteiger partial charge in [0, 0.05) is 50.8 Å². The molecule has 23 heavy (non-hydrogen) atoms. The second-order valence-electron chi connectivity index (χ2n) is 6.28. The van der Waals surface area contributed by atoms with E-state index in [1.54, 1.807) is 0 Å². The third kappa shape index (κ3) is 2.48. The molecule has 2 aromatic rings. The van der Waals surface area contributed by atoms with Gasteiger partial charge in [-0.15, -0.1) is 0 Å². The Morgan fingerprint density at radius 1 is 1.13 bits per heavy atom. The van der Waals surface area contributed by atoms with E-state index >= 15 is 0 Å². The highest BCUT2D eigenvalue weighted by Gasteiger charge is 2.28. The first-order valence-electron chi connectivity index (χ1n) is 8.46. The second kappa shape index (κ2) is 6.23.